The van der Waals surface area contributed by atoms with Gasteiger partial charge in [0.25, 0.3) is 0 Å². The van der Waals surface area contributed by atoms with Gasteiger partial charge in [0.15, 0.2) is 0 Å². The molecular weight excluding hydrogens is 358 g/mol. The Balaban J connectivity index is 1.56. The van der Waals surface area contributed by atoms with E-state index < -0.39 is 10.3 Å². The fourth-order valence-corrected chi connectivity index (χ4v) is 7.15. The monoisotopic (exact) mass is 391 g/mol. The Labute approximate surface area is 164 Å². The zero-order chi connectivity index (χ0) is 19.2. The van der Waals surface area contributed by atoms with Gasteiger partial charge in [0.1, 0.15) is 5.75 Å². The Kier molecular flexibility index (Phi) is 5.04. The minimum atomic E-state index is -3.96. The number of hydrogen-bond acceptors (Lipinski definition) is 3. The molecule has 1 aromatic carbocycles. The van der Waals surface area contributed by atoms with Gasteiger partial charge in [-0.2, -0.15) is 13.6 Å². The first-order valence-electron chi connectivity index (χ1n) is 10.7. The molecule has 5 heteroatoms. The normalized spacial score (nSPS) is 35.2. The second-order valence-corrected chi connectivity index (χ2v) is 10.5. The lowest BCUT2D eigenvalue weighted by atomic mass is 9.54. The average Bonchev–Trinajstić information content (AvgIpc) is 2.94. The van der Waals surface area contributed by atoms with Crippen molar-refractivity contribution in [3.05, 3.63) is 29.3 Å². The van der Waals surface area contributed by atoms with Crippen LogP contribution in [0.5, 0.6) is 5.75 Å². The predicted octanol–water partition coefficient (Wildman–Crippen LogP) is 4.93. The van der Waals surface area contributed by atoms with Crippen molar-refractivity contribution in [2.24, 2.45) is 28.3 Å². The van der Waals surface area contributed by atoms with Crippen LogP contribution in [0.25, 0.3) is 0 Å². The van der Waals surface area contributed by atoms with Gasteiger partial charge >= 0.3 is 10.3 Å². The molecule has 4 rings (SSSR count). The number of benzene rings is 1. The lowest BCUT2D eigenvalue weighted by molar-refractivity contribution is 0.0253. The molecule has 3 aliphatic rings. The van der Waals surface area contributed by atoms with Crippen molar-refractivity contribution >= 4 is 10.3 Å². The highest BCUT2D eigenvalue weighted by atomic mass is 32.2. The van der Waals surface area contributed by atoms with E-state index in [0.29, 0.717) is 17.1 Å². The molecule has 3 aliphatic carbocycles. The summed E-state index contributed by atoms with van der Waals surface area (Å²) in [6.45, 7) is 4.89. The van der Waals surface area contributed by atoms with Crippen LogP contribution in [0.2, 0.25) is 0 Å². The van der Waals surface area contributed by atoms with Crippen LogP contribution in [-0.2, 0) is 16.7 Å². The van der Waals surface area contributed by atoms with Crippen LogP contribution >= 0.6 is 0 Å². The van der Waals surface area contributed by atoms with E-state index in [9.17, 15) is 8.42 Å². The van der Waals surface area contributed by atoms with Crippen LogP contribution in [0.1, 0.15) is 82.3 Å². The van der Waals surface area contributed by atoms with Crippen molar-refractivity contribution < 1.29 is 12.6 Å². The SMILES string of the molecule is CCCC[C@H]1CC[C@H]2[C@@H]3CCc4cc(OS(N)(=O)=O)ccc4[C@H]3CC[C@]12C. The molecule has 2 fully saturated rings. The van der Waals surface area contributed by atoms with Crippen molar-refractivity contribution in [1.82, 2.24) is 0 Å². The quantitative estimate of drug-likeness (QED) is 0.773. The van der Waals surface area contributed by atoms with Gasteiger partial charge in [-0.3, -0.25) is 0 Å². The van der Waals surface area contributed by atoms with E-state index in [1.807, 2.05) is 6.07 Å². The van der Waals surface area contributed by atoms with Crippen molar-refractivity contribution in [3.8, 4) is 5.75 Å². The summed E-state index contributed by atoms with van der Waals surface area (Å²) >= 11 is 0. The van der Waals surface area contributed by atoms with Gasteiger partial charge < -0.3 is 4.18 Å². The average molecular weight is 392 g/mol. The first-order chi connectivity index (χ1) is 12.8. The lowest BCUT2D eigenvalue weighted by Gasteiger charge is -2.51. The van der Waals surface area contributed by atoms with Crippen molar-refractivity contribution in [2.75, 3.05) is 0 Å². The fourth-order valence-electron chi connectivity index (χ4n) is 6.78. The van der Waals surface area contributed by atoms with Crippen LogP contribution in [0.15, 0.2) is 18.2 Å². The van der Waals surface area contributed by atoms with Crippen LogP contribution in [0.4, 0.5) is 0 Å². The van der Waals surface area contributed by atoms with E-state index in [1.165, 1.54) is 62.5 Å². The topological polar surface area (TPSA) is 69.4 Å². The van der Waals surface area contributed by atoms with Gasteiger partial charge in [-0.05, 0) is 97.3 Å². The molecule has 2 saturated carbocycles. The summed E-state index contributed by atoms with van der Waals surface area (Å²) in [5, 5.41) is 5.02. The fraction of sp³-hybridized carbons (Fsp3) is 0.727. The summed E-state index contributed by atoms with van der Waals surface area (Å²) in [5.74, 6) is 3.52. The molecule has 0 bridgehead atoms. The standard InChI is InChI=1S/C22H33NO3S/c1-3-4-5-16-7-11-21-20-9-6-15-14-17(26-27(23,24)25)8-10-18(15)19(20)12-13-22(16,21)2/h8,10,14,16,19-21H,3-7,9,11-13H2,1-2H3,(H2,23,24,25)/t16-,19+,20+,21-,22+/m0/s1. The maximum Gasteiger partial charge on any atom is 0.380 e. The van der Waals surface area contributed by atoms with E-state index in [-0.39, 0.29) is 0 Å². The summed E-state index contributed by atoms with van der Waals surface area (Å²) in [6.07, 6.45) is 11.7. The van der Waals surface area contributed by atoms with Crippen molar-refractivity contribution in [3.63, 3.8) is 0 Å². The maximum atomic E-state index is 11.2. The molecule has 5 atom stereocenters. The zero-order valence-electron chi connectivity index (χ0n) is 16.6. The van der Waals surface area contributed by atoms with Crippen LogP contribution < -0.4 is 9.32 Å². The molecule has 0 unspecified atom stereocenters. The molecule has 2 N–H and O–H groups in total. The Bertz CT molecular complexity index is 806. The van der Waals surface area contributed by atoms with Crippen LogP contribution in [0.3, 0.4) is 0 Å². The van der Waals surface area contributed by atoms with Gasteiger partial charge in [-0.15, -0.1) is 0 Å². The lowest BCUT2D eigenvalue weighted by Crippen LogP contribution is -2.42. The number of nitrogens with two attached hydrogens (primary N) is 1. The molecule has 150 valence electrons. The largest absolute Gasteiger partial charge is 0.380 e. The van der Waals surface area contributed by atoms with Crippen molar-refractivity contribution in [1.29, 1.82) is 0 Å². The highest BCUT2D eigenvalue weighted by molar-refractivity contribution is 7.84. The summed E-state index contributed by atoms with van der Waals surface area (Å²) in [7, 11) is -3.96. The van der Waals surface area contributed by atoms with Gasteiger partial charge in [0.05, 0.1) is 0 Å². The number of rotatable bonds is 5. The number of fused-ring (bicyclic) bond motifs is 5. The third-order valence-electron chi connectivity index (χ3n) is 8.01. The first-order valence-corrected chi connectivity index (χ1v) is 12.1. The van der Waals surface area contributed by atoms with Gasteiger partial charge in [0.2, 0.25) is 0 Å². The summed E-state index contributed by atoms with van der Waals surface area (Å²) in [4.78, 5) is 0. The third-order valence-corrected chi connectivity index (χ3v) is 8.44. The zero-order valence-corrected chi connectivity index (χ0v) is 17.4. The molecule has 1 aromatic rings. The first kappa shape index (κ1) is 19.3. The third kappa shape index (κ3) is 3.53. The smallest absolute Gasteiger partial charge is 0.371 e. The second-order valence-electron chi connectivity index (χ2n) is 9.31. The minimum Gasteiger partial charge on any atom is -0.371 e. The maximum absolute atomic E-state index is 11.2. The van der Waals surface area contributed by atoms with Crippen LogP contribution in [-0.4, -0.2) is 8.42 Å². The predicted molar refractivity (Wildman–Crippen MR) is 108 cm³/mol. The number of hydrogen-bond donors (Lipinski definition) is 1. The van der Waals surface area contributed by atoms with E-state index in [0.717, 1.165) is 24.2 Å². The summed E-state index contributed by atoms with van der Waals surface area (Å²) in [6, 6.07) is 5.76. The van der Waals surface area contributed by atoms with Gasteiger partial charge in [0, 0.05) is 0 Å². The number of aryl methyl sites for hydroxylation is 1. The molecule has 0 aliphatic heterocycles. The molecule has 0 aromatic heterocycles. The van der Waals surface area contributed by atoms with Crippen molar-refractivity contribution in [2.45, 2.75) is 77.6 Å². The highest BCUT2D eigenvalue weighted by Gasteiger charge is 2.54. The highest BCUT2D eigenvalue weighted by Crippen LogP contribution is 2.63. The van der Waals surface area contributed by atoms with Crippen LogP contribution in [0, 0.1) is 23.2 Å². The second kappa shape index (κ2) is 7.07. The van der Waals surface area contributed by atoms with E-state index in [4.69, 9.17) is 9.32 Å². The summed E-state index contributed by atoms with van der Waals surface area (Å²) in [5.41, 5.74) is 3.21. The van der Waals surface area contributed by atoms with E-state index in [1.54, 1.807) is 6.07 Å². The van der Waals surface area contributed by atoms with E-state index >= 15 is 0 Å². The molecule has 0 saturated heterocycles. The molecule has 0 radical (unpaired) electrons. The Morgan fingerprint density at radius 2 is 2.04 bits per heavy atom. The van der Waals surface area contributed by atoms with Gasteiger partial charge in [-0.1, -0.05) is 32.8 Å². The molecule has 0 heterocycles. The molecule has 0 spiro atoms. The minimum absolute atomic E-state index is 0.343. The number of unbranched alkanes of at least 4 members (excludes halogenated alkanes) is 1. The molecular formula is C22H33NO3S. The Morgan fingerprint density at radius 3 is 2.78 bits per heavy atom. The molecule has 27 heavy (non-hydrogen) atoms. The Morgan fingerprint density at radius 1 is 1.22 bits per heavy atom. The molecule has 4 nitrogen and oxygen atoms in total. The Hall–Kier alpha value is -1.07. The van der Waals surface area contributed by atoms with Gasteiger partial charge in [-0.25, -0.2) is 0 Å². The molecule has 0 amide bonds. The van der Waals surface area contributed by atoms with E-state index in [2.05, 4.69) is 19.9 Å². The summed E-state index contributed by atoms with van der Waals surface area (Å²) < 4.78 is 27.3.